The molecule has 0 aliphatic carbocycles. The molecule has 92 valence electrons. The molecule has 0 amide bonds. The molecule has 0 fully saturated rings. The van der Waals surface area contributed by atoms with E-state index in [4.69, 9.17) is 10.5 Å². The second-order valence-electron chi connectivity index (χ2n) is 4.16. The molecule has 0 bridgehead atoms. The van der Waals surface area contributed by atoms with Crippen LogP contribution in [0.5, 0.6) is 5.75 Å². The zero-order chi connectivity index (χ0) is 12.1. The molecule has 3 nitrogen and oxygen atoms in total. The Balaban J connectivity index is 2.16. The molecule has 17 heavy (non-hydrogen) atoms. The standard InChI is InChI=1S/C14H20N2O/c1-2-17-13-5-6-14-12(11-13)7-10-16(14)9-4-3-8-15/h5-7,10-11H,2-4,8-9,15H2,1H3. The molecule has 0 aliphatic heterocycles. The van der Waals surface area contributed by atoms with Crippen LogP contribution < -0.4 is 10.5 Å². The minimum Gasteiger partial charge on any atom is -0.494 e. The van der Waals surface area contributed by atoms with Gasteiger partial charge in [-0.3, -0.25) is 0 Å². The number of aryl methyl sites for hydroxylation is 1. The zero-order valence-corrected chi connectivity index (χ0v) is 10.4. The first-order valence-corrected chi connectivity index (χ1v) is 6.27. The Hall–Kier alpha value is -1.48. The van der Waals surface area contributed by atoms with E-state index >= 15 is 0 Å². The number of nitrogens with two attached hydrogens (primary N) is 1. The quantitative estimate of drug-likeness (QED) is 0.778. The van der Waals surface area contributed by atoms with Gasteiger partial charge in [0.1, 0.15) is 5.75 Å². The average molecular weight is 232 g/mol. The number of hydrogen-bond acceptors (Lipinski definition) is 2. The number of nitrogens with zero attached hydrogens (tertiary/aromatic N) is 1. The van der Waals surface area contributed by atoms with Crippen LogP contribution in [-0.2, 0) is 6.54 Å². The summed E-state index contributed by atoms with van der Waals surface area (Å²) in [6, 6.07) is 8.40. The molecule has 1 aromatic carbocycles. The second-order valence-corrected chi connectivity index (χ2v) is 4.16. The first-order chi connectivity index (χ1) is 8.35. The van der Waals surface area contributed by atoms with E-state index in [0.717, 1.165) is 31.7 Å². The smallest absolute Gasteiger partial charge is 0.120 e. The monoisotopic (exact) mass is 232 g/mol. The predicted molar refractivity (Wildman–Crippen MR) is 71.4 cm³/mol. The fourth-order valence-corrected chi connectivity index (χ4v) is 2.06. The Morgan fingerprint density at radius 2 is 2.12 bits per heavy atom. The van der Waals surface area contributed by atoms with E-state index in [2.05, 4.69) is 29.0 Å². The normalized spacial score (nSPS) is 10.9. The molecule has 0 spiro atoms. The molecule has 0 saturated heterocycles. The van der Waals surface area contributed by atoms with E-state index < -0.39 is 0 Å². The van der Waals surface area contributed by atoms with Crippen LogP contribution in [0.3, 0.4) is 0 Å². The van der Waals surface area contributed by atoms with Gasteiger partial charge >= 0.3 is 0 Å². The summed E-state index contributed by atoms with van der Waals surface area (Å²) in [5, 5.41) is 1.24. The number of ether oxygens (including phenoxy) is 1. The Kier molecular flexibility index (Phi) is 4.04. The molecule has 1 heterocycles. The average Bonchev–Trinajstić information content (AvgIpc) is 2.73. The van der Waals surface area contributed by atoms with Gasteiger partial charge in [-0.25, -0.2) is 0 Å². The SMILES string of the molecule is CCOc1ccc2c(ccn2CCCCN)c1. The van der Waals surface area contributed by atoms with Gasteiger partial charge in [0.15, 0.2) is 0 Å². The molecule has 1 aromatic heterocycles. The number of rotatable bonds is 6. The zero-order valence-electron chi connectivity index (χ0n) is 10.4. The van der Waals surface area contributed by atoms with Crippen LogP contribution in [0.25, 0.3) is 10.9 Å². The summed E-state index contributed by atoms with van der Waals surface area (Å²) in [6.45, 7) is 4.52. The fourth-order valence-electron chi connectivity index (χ4n) is 2.06. The van der Waals surface area contributed by atoms with Crippen LogP contribution in [-0.4, -0.2) is 17.7 Å². The van der Waals surface area contributed by atoms with E-state index in [1.54, 1.807) is 0 Å². The molecule has 0 saturated carbocycles. The number of unbranched alkanes of at least 4 members (excludes halogenated alkanes) is 1. The summed E-state index contributed by atoms with van der Waals surface area (Å²) in [6.07, 6.45) is 4.35. The maximum Gasteiger partial charge on any atom is 0.120 e. The van der Waals surface area contributed by atoms with Gasteiger partial charge in [-0.1, -0.05) is 0 Å². The summed E-state index contributed by atoms with van der Waals surface area (Å²) in [7, 11) is 0. The largest absolute Gasteiger partial charge is 0.494 e. The molecule has 3 heteroatoms. The van der Waals surface area contributed by atoms with Crippen LogP contribution in [0, 0.1) is 0 Å². The lowest BCUT2D eigenvalue weighted by Gasteiger charge is -2.06. The highest BCUT2D eigenvalue weighted by atomic mass is 16.5. The van der Waals surface area contributed by atoms with E-state index in [1.165, 1.54) is 10.9 Å². The van der Waals surface area contributed by atoms with E-state index in [9.17, 15) is 0 Å². The highest BCUT2D eigenvalue weighted by molar-refractivity contribution is 5.81. The van der Waals surface area contributed by atoms with E-state index in [1.807, 2.05) is 13.0 Å². The van der Waals surface area contributed by atoms with Gasteiger partial charge in [0, 0.05) is 23.6 Å². The van der Waals surface area contributed by atoms with Gasteiger partial charge in [0.05, 0.1) is 6.61 Å². The van der Waals surface area contributed by atoms with Gasteiger partial charge < -0.3 is 15.0 Å². The lowest BCUT2D eigenvalue weighted by Crippen LogP contribution is -2.02. The molecule has 2 aromatic rings. The molecule has 0 unspecified atom stereocenters. The summed E-state index contributed by atoms with van der Waals surface area (Å²) in [5.41, 5.74) is 6.78. The third kappa shape index (κ3) is 2.80. The van der Waals surface area contributed by atoms with Crippen molar-refractivity contribution in [1.29, 1.82) is 0 Å². The highest BCUT2D eigenvalue weighted by Crippen LogP contribution is 2.22. The molecule has 0 radical (unpaired) electrons. The predicted octanol–water partition coefficient (Wildman–Crippen LogP) is 2.78. The Labute approximate surface area is 102 Å². The Morgan fingerprint density at radius 3 is 2.88 bits per heavy atom. The molecule has 2 N–H and O–H groups in total. The van der Waals surface area contributed by atoms with Crippen LogP contribution in [0.2, 0.25) is 0 Å². The van der Waals surface area contributed by atoms with Crippen molar-refractivity contribution >= 4 is 10.9 Å². The molecular weight excluding hydrogens is 212 g/mol. The third-order valence-electron chi connectivity index (χ3n) is 2.91. The van der Waals surface area contributed by atoms with Gasteiger partial charge in [-0.05, 0) is 50.6 Å². The van der Waals surface area contributed by atoms with E-state index in [-0.39, 0.29) is 0 Å². The Bertz CT molecular complexity index is 476. The topological polar surface area (TPSA) is 40.2 Å². The minimum atomic E-state index is 0.711. The molecule has 2 rings (SSSR count). The van der Waals surface area contributed by atoms with Crippen molar-refractivity contribution in [2.45, 2.75) is 26.3 Å². The van der Waals surface area contributed by atoms with Crippen molar-refractivity contribution in [2.24, 2.45) is 5.73 Å². The number of hydrogen-bond donors (Lipinski definition) is 1. The van der Waals surface area contributed by atoms with Crippen LogP contribution >= 0.6 is 0 Å². The minimum absolute atomic E-state index is 0.711. The van der Waals surface area contributed by atoms with Crippen molar-refractivity contribution in [3.8, 4) is 5.75 Å². The lowest BCUT2D eigenvalue weighted by atomic mass is 10.2. The van der Waals surface area contributed by atoms with Gasteiger partial charge in [0.2, 0.25) is 0 Å². The third-order valence-corrected chi connectivity index (χ3v) is 2.91. The van der Waals surface area contributed by atoms with Crippen LogP contribution in [0.15, 0.2) is 30.5 Å². The molecular formula is C14H20N2O. The van der Waals surface area contributed by atoms with Gasteiger partial charge in [0.25, 0.3) is 0 Å². The van der Waals surface area contributed by atoms with Crippen molar-refractivity contribution in [2.75, 3.05) is 13.2 Å². The summed E-state index contributed by atoms with van der Waals surface area (Å²) in [5.74, 6) is 0.944. The van der Waals surface area contributed by atoms with E-state index in [0.29, 0.717) is 6.61 Å². The van der Waals surface area contributed by atoms with Crippen LogP contribution in [0.1, 0.15) is 19.8 Å². The second kappa shape index (κ2) is 5.73. The van der Waals surface area contributed by atoms with Crippen molar-refractivity contribution in [1.82, 2.24) is 4.57 Å². The lowest BCUT2D eigenvalue weighted by molar-refractivity contribution is 0.340. The fraction of sp³-hybridized carbons (Fsp3) is 0.429. The highest BCUT2D eigenvalue weighted by Gasteiger charge is 2.02. The molecule has 0 atom stereocenters. The summed E-state index contributed by atoms with van der Waals surface area (Å²) in [4.78, 5) is 0. The maximum absolute atomic E-state index is 5.51. The summed E-state index contributed by atoms with van der Waals surface area (Å²) >= 11 is 0. The summed E-state index contributed by atoms with van der Waals surface area (Å²) < 4.78 is 7.77. The van der Waals surface area contributed by atoms with Crippen molar-refractivity contribution in [3.05, 3.63) is 30.5 Å². The van der Waals surface area contributed by atoms with Crippen molar-refractivity contribution < 1.29 is 4.74 Å². The number of benzene rings is 1. The molecule has 0 aliphatic rings. The van der Waals surface area contributed by atoms with Gasteiger partial charge in [-0.15, -0.1) is 0 Å². The van der Waals surface area contributed by atoms with Gasteiger partial charge in [-0.2, -0.15) is 0 Å². The number of aromatic nitrogens is 1. The first-order valence-electron chi connectivity index (χ1n) is 6.27. The number of fused-ring (bicyclic) bond motifs is 1. The van der Waals surface area contributed by atoms with Crippen molar-refractivity contribution in [3.63, 3.8) is 0 Å². The Morgan fingerprint density at radius 1 is 1.24 bits per heavy atom. The maximum atomic E-state index is 5.51. The van der Waals surface area contributed by atoms with Crippen LogP contribution in [0.4, 0.5) is 0 Å². The first kappa shape index (κ1) is 12.0.